The number of hydrogen-bond acceptors (Lipinski definition) is 1. The number of carbonyl (C=O) groups is 1. The Bertz CT molecular complexity index is 371. The molecular formula is C12H15BrN2O. The molecule has 86 valence electrons. The first-order valence-corrected chi connectivity index (χ1v) is 5.86. The minimum Gasteiger partial charge on any atom is -0.336 e. The number of carbonyl (C=O) groups excluding carboxylic acids is 1. The molecule has 0 spiro atoms. The van der Waals surface area contributed by atoms with Crippen molar-refractivity contribution in [2.45, 2.75) is 19.9 Å². The van der Waals surface area contributed by atoms with E-state index in [1.807, 2.05) is 44.2 Å². The van der Waals surface area contributed by atoms with Crippen LogP contribution in [0.3, 0.4) is 0 Å². The lowest BCUT2D eigenvalue weighted by molar-refractivity contribution is 0.242. The first-order valence-electron chi connectivity index (χ1n) is 5.07. The first kappa shape index (κ1) is 12.8. The third-order valence-electron chi connectivity index (χ3n) is 1.78. The van der Waals surface area contributed by atoms with Crippen molar-refractivity contribution in [2.24, 2.45) is 0 Å². The van der Waals surface area contributed by atoms with Gasteiger partial charge in [-0.05, 0) is 37.6 Å². The lowest BCUT2D eigenvalue weighted by atomic mass is 10.2. The van der Waals surface area contributed by atoms with Crippen LogP contribution in [0.25, 0.3) is 6.08 Å². The molecule has 0 fully saturated rings. The number of amides is 2. The van der Waals surface area contributed by atoms with Gasteiger partial charge in [0, 0.05) is 16.7 Å². The largest absolute Gasteiger partial charge is 0.336 e. The van der Waals surface area contributed by atoms with E-state index >= 15 is 0 Å². The number of halogens is 1. The second-order valence-electron chi connectivity index (χ2n) is 3.66. The summed E-state index contributed by atoms with van der Waals surface area (Å²) in [5, 5.41) is 5.36. The second kappa shape index (κ2) is 6.33. The molecule has 0 aliphatic heterocycles. The third-order valence-corrected chi connectivity index (χ3v) is 2.31. The van der Waals surface area contributed by atoms with Crippen molar-refractivity contribution in [3.63, 3.8) is 0 Å². The SMILES string of the molecule is CC(C)NC(=O)N/C=C/c1ccc(Br)cc1. The Labute approximate surface area is 104 Å². The van der Waals surface area contributed by atoms with Crippen LogP contribution in [0.4, 0.5) is 4.79 Å². The van der Waals surface area contributed by atoms with E-state index in [0.29, 0.717) is 0 Å². The molecule has 1 aromatic carbocycles. The summed E-state index contributed by atoms with van der Waals surface area (Å²) in [5.74, 6) is 0. The zero-order valence-corrected chi connectivity index (χ0v) is 10.9. The number of urea groups is 1. The van der Waals surface area contributed by atoms with Gasteiger partial charge in [-0.25, -0.2) is 4.79 Å². The zero-order valence-electron chi connectivity index (χ0n) is 9.33. The summed E-state index contributed by atoms with van der Waals surface area (Å²) in [6.07, 6.45) is 3.47. The topological polar surface area (TPSA) is 41.1 Å². The Kier molecular flexibility index (Phi) is 5.05. The fourth-order valence-electron chi connectivity index (χ4n) is 1.09. The van der Waals surface area contributed by atoms with Gasteiger partial charge < -0.3 is 10.6 Å². The Morgan fingerprint density at radius 3 is 2.50 bits per heavy atom. The summed E-state index contributed by atoms with van der Waals surface area (Å²) in [4.78, 5) is 11.2. The van der Waals surface area contributed by atoms with Crippen LogP contribution in [-0.2, 0) is 0 Å². The van der Waals surface area contributed by atoms with E-state index in [9.17, 15) is 4.79 Å². The standard InChI is InChI=1S/C12H15BrN2O/c1-9(2)15-12(16)14-8-7-10-3-5-11(13)6-4-10/h3-9H,1-2H3,(H2,14,15,16)/b8-7+. The van der Waals surface area contributed by atoms with Crippen LogP contribution >= 0.6 is 15.9 Å². The molecule has 2 amide bonds. The van der Waals surface area contributed by atoms with Crippen LogP contribution in [0.1, 0.15) is 19.4 Å². The maximum Gasteiger partial charge on any atom is 0.318 e. The maximum absolute atomic E-state index is 11.2. The maximum atomic E-state index is 11.2. The van der Waals surface area contributed by atoms with Gasteiger partial charge in [-0.2, -0.15) is 0 Å². The van der Waals surface area contributed by atoms with Gasteiger partial charge in [-0.3, -0.25) is 0 Å². The average Bonchev–Trinajstić information content (AvgIpc) is 2.20. The van der Waals surface area contributed by atoms with Crippen molar-refractivity contribution in [3.8, 4) is 0 Å². The van der Waals surface area contributed by atoms with Gasteiger partial charge in [-0.15, -0.1) is 0 Å². The smallest absolute Gasteiger partial charge is 0.318 e. The lowest BCUT2D eigenvalue weighted by Crippen LogP contribution is -2.36. The molecule has 3 nitrogen and oxygen atoms in total. The van der Waals surface area contributed by atoms with Crippen molar-refractivity contribution in [2.75, 3.05) is 0 Å². The summed E-state index contributed by atoms with van der Waals surface area (Å²) in [6, 6.07) is 7.77. The van der Waals surface area contributed by atoms with Gasteiger partial charge in [0.05, 0.1) is 0 Å². The van der Waals surface area contributed by atoms with Crippen molar-refractivity contribution < 1.29 is 4.79 Å². The molecule has 0 bridgehead atoms. The van der Waals surface area contributed by atoms with Crippen LogP contribution < -0.4 is 10.6 Å². The van der Waals surface area contributed by atoms with Crippen LogP contribution in [0.5, 0.6) is 0 Å². The molecule has 2 N–H and O–H groups in total. The van der Waals surface area contributed by atoms with Crippen molar-refractivity contribution in [1.82, 2.24) is 10.6 Å². The molecule has 0 radical (unpaired) electrons. The van der Waals surface area contributed by atoms with Crippen LogP contribution in [0, 0.1) is 0 Å². The van der Waals surface area contributed by atoms with Crippen LogP contribution in [0.15, 0.2) is 34.9 Å². The Morgan fingerprint density at radius 1 is 1.31 bits per heavy atom. The predicted octanol–water partition coefficient (Wildman–Crippen LogP) is 3.13. The number of hydrogen-bond donors (Lipinski definition) is 2. The van der Waals surface area contributed by atoms with Crippen molar-refractivity contribution >= 4 is 28.0 Å². The molecule has 0 saturated carbocycles. The molecule has 1 aromatic rings. The van der Waals surface area contributed by atoms with Gasteiger partial charge in [0.15, 0.2) is 0 Å². The highest BCUT2D eigenvalue weighted by molar-refractivity contribution is 9.10. The zero-order chi connectivity index (χ0) is 12.0. The lowest BCUT2D eigenvalue weighted by Gasteiger charge is -2.06. The van der Waals surface area contributed by atoms with E-state index in [-0.39, 0.29) is 12.1 Å². The summed E-state index contributed by atoms with van der Waals surface area (Å²) in [5.41, 5.74) is 1.04. The van der Waals surface area contributed by atoms with Gasteiger partial charge in [-0.1, -0.05) is 28.1 Å². The Hall–Kier alpha value is -1.29. The number of nitrogens with one attached hydrogen (secondary N) is 2. The van der Waals surface area contributed by atoms with Gasteiger partial charge in [0.2, 0.25) is 0 Å². The number of benzene rings is 1. The minimum absolute atomic E-state index is 0.140. The van der Waals surface area contributed by atoms with E-state index in [4.69, 9.17) is 0 Å². The second-order valence-corrected chi connectivity index (χ2v) is 4.57. The minimum atomic E-state index is -0.191. The summed E-state index contributed by atoms with van der Waals surface area (Å²) in [6.45, 7) is 3.83. The number of rotatable bonds is 3. The highest BCUT2D eigenvalue weighted by atomic mass is 79.9. The molecule has 16 heavy (non-hydrogen) atoms. The first-order chi connectivity index (χ1) is 7.58. The summed E-state index contributed by atoms with van der Waals surface area (Å²) < 4.78 is 1.04. The molecule has 1 rings (SSSR count). The van der Waals surface area contributed by atoms with E-state index < -0.39 is 0 Å². The molecule has 0 aromatic heterocycles. The van der Waals surface area contributed by atoms with Crippen LogP contribution in [0.2, 0.25) is 0 Å². The summed E-state index contributed by atoms with van der Waals surface area (Å²) in [7, 11) is 0. The van der Waals surface area contributed by atoms with E-state index in [0.717, 1.165) is 10.0 Å². The van der Waals surface area contributed by atoms with E-state index in [1.54, 1.807) is 6.20 Å². The Balaban J connectivity index is 2.43. The molecule has 0 heterocycles. The molecule has 0 saturated heterocycles. The van der Waals surface area contributed by atoms with E-state index in [1.165, 1.54) is 0 Å². The third kappa shape index (κ3) is 4.98. The van der Waals surface area contributed by atoms with Gasteiger partial charge in [0.1, 0.15) is 0 Å². The van der Waals surface area contributed by atoms with E-state index in [2.05, 4.69) is 26.6 Å². The Morgan fingerprint density at radius 2 is 1.94 bits per heavy atom. The molecule has 0 atom stereocenters. The van der Waals surface area contributed by atoms with Crippen molar-refractivity contribution in [1.29, 1.82) is 0 Å². The van der Waals surface area contributed by atoms with Crippen molar-refractivity contribution in [3.05, 3.63) is 40.5 Å². The molecular weight excluding hydrogens is 268 g/mol. The fourth-order valence-corrected chi connectivity index (χ4v) is 1.36. The summed E-state index contributed by atoms with van der Waals surface area (Å²) >= 11 is 3.36. The fraction of sp³-hybridized carbons (Fsp3) is 0.250. The predicted molar refractivity (Wildman–Crippen MR) is 70.0 cm³/mol. The molecule has 4 heteroatoms. The molecule has 0 unspecified atom stereocenters. The quantitative estimate of drug-likeness (QED) is 0.879. The van der Waals surface area contributed by atoms with Gasteiger partial charge in [0.25, 0.3) is 0 Å². The van der Waals surface area contributed by atoms with Crippen LogP contribution in [-0.4, -0.2) is 12.1 Å². The van der Waals surface area contributed by atoms with Gasteiger partial charge >= 0.3 is 6.03 Å². The highest BCUT2D eigenvalue weighted by Crippen LogP contribution is 2.10. The average molecular weight is 283 g/mol. The highest BCUT2D eigenvalue weighted by Gasteiger charge is 1.97. The normalized spacial score (nSPS) is 10.8. The molecule has 0 aliphatic rings. The monoisotopic (exact) mass is 282 g/mol. The molecule has 0 aliphatic carbocycles.